The number of ether oxygens (including phenoxy) is 1. The molecule has 1 aromatic carbocycles. The fourth-order valence-corrected chi connectivity index (χ4v) is 3.16. The van der Waals surface area contributed by atoms with E-state index in [0.29, 0.717) is 17.7 Å². The molecule has 2 aromatic heterocycles. The van der Waals surface area contributed by atoms with Gasteiger partial charge in [0, 0.05) is 30.8 Å². The molecule has 9 heteroatoms. The molecule has 27 heavy (non-hydrogen) atoms. The molecule has 0 unspecified atom stereocenters. The molecule has 0 aliphatic carbocycles. The third-order valence-corrected chi connectivity index (χ3v) is 4.70. The average Bonchev–Trinajstić information content (AvgIpc) is 3.17. The summed E-state index contributed by atoms with van der Waals surface area (Å²) in [6, 6.07) is 6.47. The monoisotopic (exact) mass is 386 g/mol. The summed E-state index contributed by atoms with van der Waals surface area (Å²) in [6.07, 6.45) is 0.767. The topological polar surface area (TPSA) is 110 Å². The Hall–Kier alpha value is -2.97. The van der Waals surface area contributed by atoms with E-state index in [1.165, 1.54) is 13.2 Å². The van der Waals surface area contributed by atoms with E-state index < -0.39 is 5.97 Å². The first-order valence-electron chi connectivity index (χ1n) is 8.25. The van der Waals surface area contributed by atoms with Gasteiger partial charge < -0.3 is 19.6 Å². The molecule has 138 valence electrons. The van der Waals surface area contributed by atoms with Crippen LogP contribution >= 0.6 is 11.6 Å². The number of benzene rings is 1. The fourth-order valence-electron chi connectivity index (χ4n) is 2.97. The molecule has 1 aliphatic heterocycles. The number of hydrogen-bond donors (Lipinski definition) is 2. The molecule has 2 N–H and O–H groups in total. The minimum atomic E-state index is -0.569. The van der Waals surface area contributed by atoms with Crippen LogP contribution in [-0.4, -0.2) is 34.7 Å². The van der Waals surface area contributed by atoms with E-state index in [4.69, 9.17) is 20.9 Å². The van der Waals surface area contributed by atoms with Gasteiger partial charge >= 0.3 is 5.97 Å². The highest BCUT2D eigenvalue weighted by Gasteiger charge is 2.19. The normalized spacial score (nSPS) is 13.3. The Balaban J connectivity index is 1.73. The Morgan fingerprint density at radius 3 is 3.00 bits per heavy atom. The van der Waals surface area contributed by atoms with E-state index in [2.05, 4.69) is 20.4 Å². The number of nitrogens with one attached hydrogen (secondary N) is 2. The second-order valence-electron chi connectivity index (χ2n) is 6.05. The molecule has 4 rings (SSSR count). The second-order valence-corrected chi connectivity index (χ2v) is 6.46. The quantitative estimate of drug-likeness (QED) is 0.664. The first-order chi connectivity index (χ1) is 13.1. The summed E-state index contributed by atoms with van der Waals surface area (Å²) in [4.78, 5) is 31.4. The molecule has 0 spiro atoms. The van der Waals surface area contributed by atoms with Crippen molar-refractivity contribution >= 4 is 17.6 Å². The molecule has 3 aromatic rings. The van der Waals surface area contributed by atoms with Gasteiger partial charge in [-0.3, -0.25) is 4.79 Å². The molecule has 0 saturated heterocycles. The highest BCUT2D eigenvalue weighted by Crippen LogP contribution is 2.26. The van der Waals surface area contributed by atoms with E-state index in [-0.39, 0.29) is 27.9 Å². The number of esters is 1. The molecule has 8 nitrogen and oxygen atoms in total. The average molecular weight is 387 g/mol. The highest BCUT2D eigenvalue weighted by molar-refractivity contribution is 6.33. The largest absolute Gasteiger partial charge is 0.465 e. The van der Waals surface area contributed by atoms with Crippen molar-refractivity contribution in [3.05, 3.63) is 56.5 Å². The van der Waals surface area contributed by atoms with Gasteiger partial charge in [-0.05, 0) is 29.8 Å². The van der Waals surface area contributed by atoms with Crippen molar-refractivity contribution in [3.63, 3.8) is 0 Å². The standard InChI is InChI=1S/C18H15ClN4O4/c1-26-18(25)11-6-9(2-3-13(11)19)17-22-15(23-27-17)12-7-10-8-20-5-4-14(10)21-16(12)24/h2-3,6-7,20H,4-5,8H2,1H3,(H,21,24). The second kappa shape index (κ2) is 6.98. The maximum atomic E-state index is 12.4. The zero-order valence-corrected chi connectivity index (χ0v) is 15.1. The van der Waals surface area contributed by atoms with Gasteiger partial charge in [0.15, 0.2) is 0 Å². The molecule has 0 saturated carbocycles. The van der Waals surface area contributed by atoms with Gasteiger partial charge in [0.25, 0.3) is 11.4 Å². The Kier molecular flexibility index (Phi) is 4.51. The minimum absolute atomic E-state index is 0.169. The molecule has 0 atom stereocenters. The zero-order valence-electron chi connectivity index (χ0n) is 14.3. The molecule has 0 bridgehead atoms. The van der Waals surface area contributed by atoms with Crippen molar-refractivity contribution in [2.45, 2.75) is 13.0 Å². The van der Waals surface area contributed by atoms with Crippen LogP contribution in [0.5, 0.6) is 0 Å². The van der Waals surface area contributed by atoms with Crippen LogP contribution in [-0.2, 0) is 17.7 Å². The molecule has 3 heterocycles. The number of nitrogens with zero attached hydrogens (tertiary/aromatic N) is 2. The molecule has 1 aliphatic rings. The van der Waals surface area contributed by atoms with E-state index >= 15 is 0 Å². The Labute approximate surface area is 158 Å². The van der Waals surface area contributed by atoms with Crippen LogP contribution in [0.1, 0.15) is 21.6 Å². The van der Waals surface area contributed by atoms with Crippen molar-refractivity contribution in [1.82, 2.24) is 20.4 Å². The Morgan fingerprint density at radius 1 is 1.33 bits per heavy atom. The number of H-pyrrole nitrogens is 1. The van der Waals surface area contributed by atoms with Crippen LogP contribution in [0, 0.1) is 0 Å². The molecular weight excluding hydrogens is 372 g/mol. The summed E-state index contributed by atoms with van der Waals surface area (Å²) in [5, 5.41) is 7.42. The molecular formula is C18H15ClN4O4. The number of carbonyl (C=O) groups excluding carboxylic acids is 1. The predicted molar refractivity (Wildman–Crippen MR) is 97.6 cm³/mol. The predicted octanol–water partition coefficient (Wildman–Crippen LogP) is 2.18. The van der Waals surface area contributed by atoms with E-state index in [9.17, 15) is 9.59 Å². The summed E-state index contributed by atoms with van der Waals surface area (Å²) in [6.45, 7) is 1.50. The van der Waals surface area contributed by atoms with Crippen molar-refractivity contribution < 1.29 is 14.1 Å². The summed E-state index contributed by atoms with van der Waals surface area (Å²) in [5.41, 5.74) is 2.67. The Morgan fingerprint density at radius 2 is 2.19 bits per heavy atom. The first kappa shape index (κ1) is 17.4. The van der Waals surface area contributed by atoms with Gasteiger partial charge in [-0.1, -0.05) is 16.8 Å². The van der Waals surface area contributed by atoms with Crippen LogP contribution in [0.2, 0.25) is 5.02 Å². The smallest absolute Gasteiger partial charge is 0.339 e. The van der Waals surface area contributed by atoms with E-state index in [0.717, 1.165) is 24.2 Å². The molecule has 0 fully saturated rings. The van der Waals surface area contributed by atoms with E-state index in [1.807, 2.05) is 0 Å². The van der Waals surface area contributed by atoms with Crippen LogP contribution < -0.4 is 10.9 Å². The number of aromatic nitrogens is 3. The van der Waals surface area contributed by atoms with Crippen molar-refractivity contribution in [1.29, 1.82) is 0 Å². The summed E-state index contributed by atoms with van der Waals surface area (Å²) < 4.78 is 10.00. The third kappa shape index (κ3) is 3.24. The van der Waals surface area contributed by atoms with Gasteiger partial charge in [-0.2, -0.15) is 4.98 Å². The van der Waals surface area contributed by atoms with Gasteiger partial charge in [0.05, 0.1) is 23.3 Å². The summed E-state index contributed by atoms with van der Waals surface area (Å²) >= 11 is 6.03. The minimum Gasteiger partial charge on any atom is -0.465 e. The number of aromatic amines is 1. The van der Waals surface area contributed by atoms with Gasteiger partial charge in [-0.25, -0.2) is 4.79 Å². The lowest BCUT2D eigenvalue weighted by molar-refractivity contribution is 0.0601. The highest BCUT2D eigenvalue weighted by atomic mass is 35.5. The lowest BCUT2D eigenvalue weighted by atomic mass is 10.0. The van der Waals surface area contributed by atoms with Crippen LogP contribution in [0.25, 0.3) is 22.8 Å². The van der Waals surface area contributed by atoms with Crippen LogP contribution in [0.3, 0.4) is 0 Å². The van der Waals surface area contributed by atoms with Crippen molar-refractivity contribution in [2.75, 3.05) is 13.7 Å². The van der Waals surface area contributed by atoms with Gasteiger partial charge in [0.1, 0.15) is 0 Å². The number of rotatable bonds is 3. The third-order valence-electron chi connectivity index (χ3n) is 4.37. The number of fused-ring (bicyclic) bond motifs is 1. The number of carbonyl (C=O) groups is 1. The maximum Gasteiger partial charge on any atom is 0.339 e. The van der Waals surface area contributed by atoms with Gasteiger partial charge in [0.2, 0.25) is 5.82 Å². The number of pyridine rings is 1. The van der Waals surface area contributed by atoms with Crippen LogP contribution in [0.15, 0.2) is 33.6 Å². The van der Waals surface area contributed by atoms with Crippen LogP contribution in [0.4, 0.5) is 0 Å². The summed E-state index contributed by atoms with van der Waals surface area (Å²) in [5.74, 6) is -0.225. The first-order valence-corrected chi connectivity index (χ1v) is 8.62. The number of methoxy groups -OCH3 is 1. The lowest BCUT2D eigenvalue weighted by Gasteiger charge is -2.16. The molecule has 0 radical (unpaired) electrons. The van der Waals surface area contributed by atoms with E-state index in [1.54, 1.807) is 18.2 Å². The molecule has 0 amide bonds. The zero-order chi connectivity index (χ0) is 19.0. The van der Waals surface area contributed by atoms with Crippen molar-refractivity contribution in [3.8, 4) is 22.8 Å². The maximum absolute atomic E-state index is 12.4. The Bertz CT molecular complexity index is 1090. The number of halogens is 1. The summed E-state index contributed by atoms with van der Waals surface area (Å²) in [7, 11) is 1.27. The van der Waals surface area contributed by atoms with Gasteiger partial charge in [-0.15, -0.1) is 0 Å². The SMILES string of the molecule is COC(=O)c1cc(-c2nc(-c3cc4c([nH]c3=O)CCNC4)no2)ccc1Cl. The number of hydrogen-bond acceptors (Lipinski definition) is 7. The lowest BCUT2D eigenvalue weighted by Crippen LogP contribution is -2.27. The fraction of sp³-hybridized carbons (Fsp3) is 0.222. The van der Waals surface area contributed by atoms with Crippen molar-refractivity contribution in [2.24, 2.45) is 0 Å².